The van der Waals surface area contributed by atoms with E-state index in [4.69, 9.17) is 25.4 Å². The minimum atomic E-state index is -1.92. The fraction of sp³-hybridized carbons (Fsp3) is 0.458. The van der Waals surface area contributed by atoms with Gasteiger partial charge in [-0.05, 0) is 73.8 Å². The van der Waals surface area contributed by atoms with Crippen LogP contribution in [-0.4, -0.2) is 30.6 Å². The summed E-state index contributed by atoms with van der Waals surface area (Å²) in [6.45, 7) is 13.0. The van der Waals surface area contributed by atoms with E-state index in [1.165, 1.54) is 0 Å². The highest BCUT2D eigenvalue weighted by Crippen LogP contribution is 2.38. The summed E-state index contributed by atoms with van der Waals surface area (Å²) in [7, 11) is -1.92. The van der Waals surface area contributed by atoms with Gasteiger partial charge in [0.2, 0.25) is 5.89 Å². The first-order valence-electron chi connectivity index (χ1n) is 10.5. The van der Waals surface area contributed by atoms with Gasteiger partial charge in [-0.3, -0.25) is 0 Å². The van der Waals surface area contributed by atoms with Crippen LogP contribution in [0, 0.1) is 0 Å². The minimum absolute atomic E-state index is 0.116. The molecule has 0 bridgehead atoms. The lowest BCUT2D eigenvalue weighted by Crippen LogP contribution is -2.46. The van der Waals surface area contributed by atoms with Crippen molar-refractivity contribution in [3.05, 3.63) is 53.1 Å². The average molecular weight is 446 g/mol. The molecular weight excluding hydrogens is 414 g/mol. The number of aliphatic hydroxyl groups is 1. The maximum atomic E-state index is 10.7. The van der Waals surface area contributed by atoms with Crippen molar-refractivity contribution < 1.29 is 13.9 Å². The predicted octanol–water partition coefficient (Wildman–Crippen LogP) is 6.85. The topological polar surface area (TPSA) is 55.5 Å². The number of aliphatic hydroxyl groups excluding tert-OH is 1. The van der Waals surface area contributed by atoms with Crippen LogP contribution in [0.5, 0.6) is 0 Å². The van der Waals surface area contributed by atoms with E-state index in [1.54, 1.807) is 0 Å². The largest absolute Gasteiger partial charge is 0.436 e. The Kier molecular flexibility index (Phi) is 6.77. The van der Waals surface area contributed by atoms with Gasteiger partial charge >= 0.3 is 0 Å². The molecule has 0 aliphatic rings. The fourth-order valence-electron chi connectivity index (χ4n) is 3.18. The Morgan fingerprint density at radius 3 is 2.43 bits per heavy atom. The Hall–Kier alpha value is -1.66. The van der Waals surface area contributed by atoms with Crippen LogP contribution in [0.25, 0.3) is 22.6 Å². The smallest absolute Gasteiger partial charge is 0.227 e. The Labute approximate surface area is 185 Å². The highest BCUT2D eigenvalue weighted by Gasteiger charge is 2.39. The van der Waals surface area contributed by atoms with Crippen LogP contribution in [0.1, 0.15) is 39.7 Å². The molecule has 0 fully saturated rings. The second-order valence-electron chi connectivity index (χ2n) is 9.48. The second-order valence-corrected chi connectivity index (χ2v) is 14.7. The van der Waals surface area contributed by atoms with Gasteiger partial charge in [0, 0.05) is 10.6 Å². The molecule has 0 radical (unpaired) electrons. The Morgan fingerprint density at radius 2 is 1.80 bits per heavy atom. The fourth-order valence-corrected chi connectivity index (χ4v) is 4.75. The number of hydrogen-bond acceptors (Lipinski definition) is 4. The van der Waals surface area contributed by atoms with E-state index < -0.39 is 14.4 Å². The molecule has 4 nitrogen and oxygen atoms in total. The maximum absolute atomic E-state index is 10.7. The molecule has 0 aliphatic heterocycles. The van der Waals surface area contributed by atoms with Gasteiger partial charge in [0.05, 0.1) is 12.2 Å². The van der Waals surface area contributed by atoms with Crippen molar-refractivity contribution in [1.82, 2.24) is 4.98 Å². The summed E-state index contributed by atoms with van der Waals surface area (Å²) in [5.41, 5.74) is 3.54. The molecule has 6 heteroatoms. The molecule has 0 saturated carbocycles. The van der Waals surface area contributed by atoms with E-state index in [1.807, 2.05) is 49.4 Å². The van der Waals surface area contributed by atoms with Crippen LogP contribution in [0.2, 0.25) is 23.2 Å². The van der Waals surface area contributed by atoms with Crippen molar-refractivity contribution in [3.8, 4) is 11.5 Å². The first-order chi connectivity index (χ1) is 14.0. The SMILES string of the molecule is C[C@H](O[Si](C)(C)C(C)(C)C)[C@@H](O)CCc1cccc2oc(-c3ccc(Cl)cc3)nc12. The molecule has 1 aromatic heterocycles. The first-order valence-corrected chi connectivity index (χ1v) is 13.8. The number of oxazole rings is 1. The van der Waals surface area contributed by atoms with Crippen LogP contribution in [-0.2, 0) is 10.8 Å². The van der Waals surface area contributed by atoms with Crippen LogP contribution >= 0.6 is 11.6 Å². The molecule has 0 spiro atoms. The minimum Gasteiger partial charge on any atom is -0.436 e. The monoisotopic (exact) mass is 445 g/mol. The van der Waals surface area contributed by atoms with Crippen LogP contribution in [0.4, 0.5) is 0 Å². The summed E-state index contributed by atoms with van der Waals surface area (Å²) >= 11 is 5.98. The van der Waals surface area contributed by atoms with E-state index in [0.717, 1.165) is 22.2 Å². The molecule has 0 saturated heterocycles. The third kappa shape index (κ3) is 5.14. The lowest BCUT2D eigenvalue weighted by atomic mass is 10.0. The zero-order valence-electron chi connectivity index (χ0n) is 18.7. The van der Waals surface area contributed by atoms with Gasteiger partial charge in [-0.15, -0.1) is 0 Å². The summed E-state index contributed by atoms with van der Waals surface area (Å²) in [6, 6.07) is 13.4. The summed E-state index contributed by atoms with van der Waals surface area (Å²) in [5.74, 6) is 0.573. The molecule has 30 heavy (non-hydrogen) atoms. The van der Waals surface area contributed by atoms with Gasteiger partial charge < -0.3 is 13.9 Å². The van der Waals surface area contributed by atoms with Gasteiger partial charge in [0.1, 0.15) is 5.52 Å². The predicted molar refractivity (Wildman–Crippen MR) is 127 cm³/mol. The quantitative estimate of drug-likeness (QED) is 0.404. The number of aromatic nitrogens is 1. The number of aryl methyl sites for hydroxylation is 1. The lowest BCUT2D eigenvalue weighted by molar-refractivity contribution is 0.0337. The van der Waals surface area contributed by atoms with Crippen LogP contribution in [0.3, 0.4) is 0 Å². The van der Waals surface area contributed by atoms with E-state index >= 15 is 0 Å². The number of para-hydroxylation sites is 1. The third-order valence-corrected chi connectivity index (χ3v) is 11.0. The van der Waals surface area contributed by atoms with E-state index in [2.05, 4.69) is 33.9 Å². The van der Waals surface area contributed by atoms with Crippen molar-refractivity contribution in [1.29, 1.82) is 0 Å². The third-order valence-electron chi connectivity index (χ3n) is 6.13. The summed E-state index contributed by atoms with van der Waals surface area (Å²) < 4.78 is 12.3. The standard InChI is InChI=1S/C24H32ClNO3Si/c1-16(29-30(5,6)24(2,3)4)20(27)15-12-17-8-7-9-21-22(17)26-23(28-21)18-10-13-19(25)14-11-18/h7-11,13-14,16,20,27H,12,15H2,1-6H3/t16-,20-/m0/s1. The van der Waals surface area contributed by atoms with Crippen molar-refractivity contribution in [2.75, 3.05) is 0 Å². The van der Waals surface area contributed by atoms with Gasteiger partial charge in [-0.25, -0.2) is 4.98 Å². The normalized spacial score (nSPS) is 14.8. The number of fused-ring (bicyclic) bond motifs is 1. The highest BCUT2D eigenvalue weighted by molar-refractivity contribution is 6.74. The number of halogens is 1. The summed E-state index contributed by atoms with van der Waals surface area (Å²) in [4.78, 5) is 4.71. The molecular formula is C24H32ClNO3Si. The lowest BCUT2D eigenvalue weighted by Gasteiger charge is -2.39. The molecule has 2 aromatic carbocycles. The first kappa shape index (κ1) is 23.0. The summed E-state index contributed by atoms with van der Waals surface area (Å²) in [5, 5.41) is 11.5. The molecule has 0 amide bonds. The number of rotatable bonds is 7. The molecule has 1 N–H and O–H groups in total. The van der Waals surface area contributed by atoms with E-state index in [-0.39, 0.29) is 11.1 Å². The molecule has 1 heterocycles. The number of nitrogens with zero attached hydrogens (tertiary/aromatic N) is 1. The van der Waals surface area contributed by atoms with Gasteiger partial charge in [0.15, 0.2) is 13.9 Å². The molecule has 3 rings (SSSR count). The van der Waals surface area contributed by atoms with Gasteiger partial charge in [-0.1, -0.05) is 44.5 Å². The van der Waals surface area contributed by atoms with Crippen molar-refractivity contribution in [2.45, 2.75) is 70.9 Å². The Balaban J connectivity index is 1.72. The molecule has 0 unspecified atom stereocenters. The molecule has 162 valence electrons. The average Bonchev–Trinajstić information content (AvgIpc) is 3.10. The number of benzene rings is 2. The van der Waals surface area contributed by atoms with E-state index in [9.17, 15) is 5.11 Å². The zero-order chi connectivity index (χ0) is 22.1. The van der Waals surface area contributed by atoms with Crippen molar-refractivity contribution in [2.24, 2.45) is 0 Å². The highest BCUT2D eigenvalue weighted by atomic mass is 35.5. The maximum Gasteiger partial charge on any atom is 0.227 e. The van der Waals surface area contributed by atoms with Gasteiger partial charge in [0.25, 0.3) is 0 Å². The van der Waals surface area contributed by atoms with Crippen LogP contribution in [0.15, 0.2) is 46.9 Å². The molecule has 0 aliphatic carbocycles. The summed E-state index contributed by atoms with van der Waals surface area (Å²) in [6.07, 6.45) is 0.581. The molecule has 2 atom stereocenters. The Morgan fingerprint density at radius 1 is 1.13 bits per heavy atom. The number of hydrogen-bond donors (Lipinski definition) is 1. The molecule has 3 aromatic rings. The second kappa shape index (κ2) is 8.83. The van der Waals surface area contributed by atoms with E-state index in [0.29, 0.717) is 23.8 Å². The van der Waals surface area contributed by atoms with Crippen molar-refractivity contribution in [3.63, 3.8) is 0 Å². The van der Waals surface area contributed by atoms with Crippen LogP contribution < -0.4 is 0 Å². The zero-order valence-corrected chi connectivity index (χ0v) is 20.5. The van der Waals surface area contributed by atoms with Gasteiger partial charge in [-0.2, -0.15) is 0 Å². The van der Waals surface area contributed by atoms with Crippen molar-refractivity contribution >= 4 is 31.0 Å². The Bertz CT molecular complexity index is 992.